The zero-order valence-electron chi connectivity index (χ0n) is 5.94. The minimum Gasteiger partial charge on any atom is -0.316 e. The molecule has 1 aromatic carbocycles. The van der Waals surface area contributed by atoms with Gasteiger partial charge >= 0.3 is 0 Å². The van der Waals surface area contributed by atoms with E-state index in [1.807, 2.05) is 5.48 Å². The molecule has 0 bridgehead atoms. The Morgan fingerprint density at radius 1 is 1.42 bits per heavy atom. The number of nitrogens with one attached hydrogen (secondary N) is 1. The molecule has 0 spiro atoms. The van der Waals surface area contributed by atoms with Gasteiger partial charge in [-0.25, -0.2) is 9.87 Å². The smallest absolute Gasteiger partial charge is 0.143 e. The minimum atomic E-state index is -0.589. The molecule has 0 amide bonds. The third-order valence-corrected chi connectivity index (χ3v) is 1.98. The van der Waals surface area contributed by atoms with Crippen molar-refractivity contribution in [3.05, 3.63) is 33.6 Å². The Labute approximate surface area is 78.9 Å². The van der Waals surface area contributed by atoms with Crippen molar-refractivity contribution < 1.29 is 9.60 Å². The summed E-state index contributed by atoms with van der Waals surface area (Å²) >= 11 is 11.1. The molecule has 0 atom stereocenters. The van der Waals surface area contributed by atoms with E-state index in [4.69, 9.17) is 28.4 Å². The lowest BCUT2D eigenvalue weighted by molar-refractivity contribution is 0.161. The predicted molar refractivity (Wildman–Crippen MR) is 45.0 cm³/mol. The van der Waals surface area contributed by atoms with Gasteiger partial charge in [-0.15, -0.1) is 0 Å². The van der Waals surface area contributed by atoms with Crippen LogP contribution in [0.15, 0.2) is 12.1 Å². The Balaban J connectivity index is 3.09. The number of rotatable bonds is 2. The summed E-state index contributed by atoms with van der Waals surface area (Å²) in [7, 11) is 0. The number of benzene rings is 1. The largest absolute Gasteiger partial charge is 0.316 e. The SMILES string of the molecule is ONCc1cc(Cl)cc(F)c1Cl. The fourth-order valence-corrected chi connectivity index (χ4v) is 1.23. The van der Waals surface area contributed by atoms with E-state index in [-0.39, 0.29) is 16.6 Å². The molecule has 0 fully saturated rings. The highest BCUT2D eigenvalue weighted by Gasteiger charge is 2.07. The topological polar surface area (TPSA) is 32.3 Å². The average Bonchev–Trinajstić information content (AvgIpc) is 2.00. The second-order valence-electron chi connectivity index (χ2n) is 2.20. The van der Waals surface area contributed by atoms with Gasteiger partial charge in [0.1, 0.15) is 5.82 Å². The van der Waals surface area contributed by atoms with Crippen molar-refractivity contribution in [2.45, 2.75) is 6.54 Å². The van der Waals surface area contributed by atoms with Crippen LogP contribution in [0.3, 0.4) is 0 Å². The summed E-state index contributed by atoms with van der Waals surface area (Å²) in [4.78, 5) is 0. The van der Waals surface area contributed by atoms with Gasteiger partial charge in [0.2, 0.25) is 0 Å². The van der Waals surface area contributed by atoms with Crippen LogP contribution >= 0.6 is 23.2 Å². The lowest BCUT2D eigenvalue weighted by Gasteiger charge is -2.03. The number of hydroxylamine groups is 1. The Bertz CT molecular complexity index is 293. The van der Waals surface area contributed by atoms with Crippen molar-refractivity contribution in [3.8, 4) is 0 Å². The standard InChI is InChI=1S/C7H6Cl2FNO/c8-5-1-4(3-11-12)7(9)6(10)2-5/h1-2,11-12H,3H2. The van der Waals surface area contributed by atoms with Crippen LogP contribution in [0.2, 0.25) is 10.0 Å². The van der Waals surface area contributed by atoms with Gasteiger partial charge in [-0.2, -0.15) is 0 Å². The summed E-state index contributed by atoms with van der Waals surface area (Å²) in [6, 6.07) is 2.60. The normalized spacial score (nSPS) is 10.3. The molecule has 0 saturated heterocycles. The van der Waals surface area contributed by atoms with Crippen LogP contribution in [0.1, 0.15) is 5.56 Å². The maximum absolute atomic E-state index is 12.8. The number of hydrogen-bond donors (Lipinski definition) is 2. The molecule has 2 N–H and O–H groups in total. The molecule has 66 valence electrons. The molecule has 5 heteroatoms. The number of halogens is 3. The molecule has 0 radical (unpaired) electrons. The fourth-order valence-electron chi connectivity index (χ4n) is 0.823. The molecule has 0 heterocycles. The van der Waals surface area contributed by atoms with Crippen LogP contribution in [0.5, 0.6) is 0 Å². The van der Waals surface area contributed by atoms with Gasteiger partial charge < -0.3 is 5.21 Å². The average molecular weight is 210 g/mol. The van der Waals surface area contributed by atoms with Crippen molar-refractivity contribution >= 4 is 23.2 Å². The molecule has 0 unspecified atom stereocenters. The fraction of sp³-hybridized carbons (Fsp3) is 0.143. The predicted octanol–water partition coefficient (Wildman–Crippen LogP) is 2.61. The monoisotopic (exact) mass is 209 g/mol. The summed E-state index contributed by atoms with van der Waals surface area (Å²) in [5, 5.41) is 8.58. The van der Waals surface area contributed by atoms with Gasteiger partial charge in [-0.05, 0) is 17.7 Å². The van der Waals surface area contributed by atoms with Crippen LogP contribution in [0.25, 0.3) is 0 Å². The summed E-state index contributed by atoms with van der Waals surface area (Å²) in [5.41, 5.74) is 2.29. The van der Waals surface area contributed by atoms with Crippen LogP contribution in [0.4, 0.5) is 4.39 Å². The molecular formula is C7H6Cl2FNO. The van der Waals surface area contributed by atoms with Gasteiger partial charge in [0.25, 0.3) is 0 Å². The van der Waals surface area contributed by atoms with E-state index < -0.39 is 5.82 Å². The first-order chi connectivity index (χ1) is 5.65. The molecule has 0 aliphatic heterocycles. The molecule has 2 nitrogen and oxygen atoms in total. The molecule has 0 saturated carbocycles. The Morgan fingerprint density at radius 2 is 2.08 bits per heavy atom. The van der Waals surface area contributed by atoms with E-state index in [0.29, 0.717) is 5.56 Å². The van der Waals surface area contributed by atoms with Crippen LogP contribution in [0, 0.1) is 5.82 Å². The molecule has 0 aromatic heterocycles. The van der Waals surface area contributed by atoms with E-state index in [1.54, 1.807) is 0 Å². The maximum atomic E-state index is 12.8. The van der Waals surface area contributed by atoms with Gasteiger partial charge in [0.05, 0.1) is 5.02 Å². The van der Waals surface area contributed by atoms with Crippen molar-refractivity contribution in [2.24, 2.45) is 0 Å². The van der Waals surface area contributed by atoms with E-state index in [2.05, 4.69) is 0 Å². The summed E-state index contributed by atoms with van der Waals surface area (Å²) in [5.74, 6) is -0.589. The Hall–Kier alpha value is -0.350. The first-order valence-corrected chi connectivity index (χ1v) is 3.91. The van der Waals surface area contributed by atoms with Crippen molar-refractivity contribution in [3.63, 3.8) is 0 Å². The first kappa shape index (κ1) is 9.74. The Morgan fingerprint density at radius 3 is 2.67 bits per heavy atom. The molecule has 12 heavy (non-hydrogen) atoms. The zero-order valence-corrected chi connectivity index (χ0v) is 7.45. The van der Waals surface area contributed by atoms with Gasteiger partial charge in [0, 0.05) is 11.6 Å². The van der Waals surface area contributed by atoms with Gasteiger partial charge in [-0.3, -0.25) is 0 Å². The van der Waals surface area contributed by atoms with E-state index in [9.17, 15) is 4.39 Å². The van der Waals surface area contributed by atoms with E-state index in [0.717, 1.165) is 6.07 Å². The molecular weight excluding hydrogens is 204 g/mol. The summed E-state index contributed by atoms with van der Waals surface area (Å²) < 4.78 is 12.8. The van der Waals surface area contributed by atoms with Crippen LogP contribution in [-0.4, -0.2) is 5.21 Å². The lowest BCUT2D eigenvalue weighted by atomic mass is 10.2. The maximum Gasteiger partial charge on any atom is 0.143 e. The highest BCUT2D eigenvalue weighted by molar-refractivity contribution is 6.33. The first-order valence-electron chi connectivity index (χ1n) is 3.15. The van der Waals surface area contributed by atoms with Crippen molar-refractivity contribution in [1.82, 2.24) is 5.48 Å². The lowest BCUT2D eigenvalue weighted by Crippen LogP contribution is -2.07. The van der Waals surface area contributed by atoms with Gasteiger partial charge in [-0.1, -0.05) is 23.2 Å². The second-order valence-corrected chi connectivity index (χ2v) is 3.01. The second kappa shape index (κ2) is 4.05. The molecule has 0 aliphatic rings. The molecule has 1 rings (SSSR count). The van der Waals surface area contributed by atoms with Gasteiger partial charge in [0.15, 0.2) is 0 Å². The Kier molecular flexibility index (Phi) is 3.29. The minimum absolute atomic E-state index is 0.0269. The highest BCUT2D eigenvalue weighted by Crippen LogP contribution is 2.24. The van der Waals surface area contributed by atoms with E-state index in [1.165, 1.54) is 6.07 Å². The zero-order chi connectivity index (χ0) is 9.14. The van der Waals surface area contributed by atoms with Crippen LogP contribution < -0.4 is 5.48 Å². The highest BCUT2D eigenvalue weighted by atomic mass is 35.5. The van der Waals surface area contributed by atoms with Crippen LogP contribution in [-0.2, 0) is 6.54 Å². The molecule has 1 aromatic rings. The third kappa shape index (κ3) is 2.08. The van der Waals surface area contributed by atoms with Crippen molar-refractivity contribution in [1.29, 1.82) is 0 Å². The summed E-state index contributed by atoms with van der Waals surface area (Å²) in [6.45, 7) is 0.0658. The molecule has 0 aliphatic carbocycles. The number of hydrogen-bond acceptors (Lipinski definition) is 2. The summed E-state index contributed by atoms with van der Waals surface area (Å²) in [6.07, 6.45) is 0. The third-order valence-electron chi connectivity index (χ3n) is 1.34. The van der Waals surface area contributed by atoms with Crippen molar-refractivity contribution in [2.75, 3.05) is 0 Å². The van der Waals surface area contributed by atoms with E-state index >= 15 is 0 Å². The quantitative estimate of drug-likeness (QED) is 0.580.